The van der Waals surface area contributed by atoms with Gasteiger partial charge in [0.05, 0.1) is 34.5 Å². The fraction of sp³-hybridized carbons (Fsp3) is 0.259. The molecule has 4 rings (SSSR count). The average molecular weight is 540 g/mol. The lowest BCUT2D eigenvalue weighted by atomic mass is 9.95. The maximum Gasteiger partial charge on any atom is 0.251 e. The molecule has 1 N–H and O–H groups in total. The molecular weight excluding hydrogens is 514 g/mol. The van der Waals surface area contributed by atoms with Gasteiger partial charge in [-0.2, -0.15) is 0 Å². The van der Waals surface area contributed by atoms with Crippen LogP contribution in [-0.2, 0) is 6.42 Å². The summed E-state index contributed by atoms with van der Waals surface area (Å²) >= 11 is 3.39. The molecule has 3 aromatic rings. The molecule has 0 heterocycles. The third kappa shape index (κ3) is 4.71. The number of carbonyl (C=O) groups excluding carboxylic acids is 1. The molecule has 3 aromatic carbocycles. The van der Waals surface area contributed by atoms with Gasteiger partial charge >= 0.3 is 0 Å². The van der Waals surface area contributed by atoms with E-state index in [1.165, 1.54) is 13.2 Å². The number of methoxy groups -OCH3 is 4. The van der Waals surface area contributed by atoms with Crippen molar-refractivity contribution < 1.29 is 23.7 Å². The fourth-order valence-electron chi connectivity index (χ4n) is 4.46. The van der Waals surface area contributed by atoms with E-state index in [1.807, 2.05) is 24.3 Å². The number of aryl methyl sites for hydroxylation is 1. The first-order valence-electron chi connectivity index (χ1n) is 11.0. The zero-order chi connectivity index (χ0) is 25.1. The van der Waals surface area contributed by atoms with E-state index >= 15 is 0 Å². The van der Waals surface area contributed by atoms with Crippen LogP contribution in [0.1, 0.15) is 33.9 Å². The third-order valence-corrected chi connectivity index (χ3v) is 6.66. The first-order chi connectivity index (χ1) is 16.9. The van der Waals surface area contributed by atoms with Crippen LogP contribution in [0.4, 0.5) is 0 Å². The predicted octanol–water partition coefficient (Wildman–Crippen LogP) is 4.93. The summed E-state index contributed by atoms with van der Waals surface area (Å²) in [5.74, 6) is 1.48. The quantitative estimate of drug-likeness (QED) is 0.478. The van der Waals surface area contributed by atoms with Gasteiger partial charge in [0.1, 0.15) is 0 Å². The third-order valence-electron chi connectivity index (χ3n) is 6.13. The highest BCUT2D eigenvalue weighted by Gasteiger charge is 2.30. The van der Waals surface area contributed by atoms with Crippen LogP contribution < -0.4 is 29.7 Å². The minimum absolute atomic E-state index is 0.206. The molecule has 35 heavy (non-hydrogen) atoms. The smallest absolute Gasteiger partial charge is 0.251 e. The molecule has 1 atom stereocenters. The van der Waals surface area contributed by atoms with Crippen LogP contribution in [0.2, 0.25) is 0 Å². The van der Waals surface area contributed by atoms with E-state index in [0.717, 1.165) is 21.2 Å². The van der Waals surface area contributed by atoms with Gasteiger partial charge in [-0.1, -0.05) is 22.0 Å². The first-order valence-corrected chi connectivity index (χ1v) is 11.8. The molecule has 7 nitrogen and oxygen atoms in total. The topological polar surface area (TPSA) is 83.1 Å². The van der Waals surface area contributed by atoms with Crippen LogP contribution in [0.5, 0.6) is 23.0 Å². The number of carbonyl (C=O) groups is 1. The number of nitrogens with one attached hydrogen (secondary N) is 1. The van der Waals surface area contributed by atoms with Crippen LogP contribution in [-0.4, -0.2) is 34.3 Å². The Hall–Kier alpha value is -3.52. The molecule has 0 saturated carbocycles. The second-order valence-electron chi connectivity index (χ2n) is 8.03. The number of fused-ring (bicyclic) bond motifs is 3. The van der Waals surface area contributed by atoms with E-state index in [-0.39, 0.29) is 17.1 Å². The Morgan fingerprint density at radius 3 is 2.20 bits per heavy atom. The molecular formula is C27H26BrNO6. The number of hydrogen-bond donors (Lipinski definition) is 1. The second-order valence-corrected chi connectivity index (χ2v) is 8.95. The molecule has 0 bridgehead atoms. The van der Waals surface area contributed by atoms with Crippen LogP contribution in [0.15, 0.2) is 57.8 Å². The average Bonchev–Trinajstić information content (AvgIpc) is 3.11. The van der Waals surface area contributed by atoms with Crippen molar-refractivity contribution >= 4 is 21.8 Å². The molecule has 0 saturated heterocycles. The number of rotatable bonds is 6. The van der Waals surface area contributed by atoms with Gasteiger partial charge in [0, 0.05) is 15.6 Å². The molecule has 1 aliphatic rings. The Labute approximate surface area is 212 Å². The predicted molar refractivity (Wildman–Crippen MR) is 137 cm³/mol. The molecule has 0 spiro atoms. The fourth-order valence-corrected chi connectivity index (χ4v) is 4.72. The van der Waals surface area contributed by atoms with Crippen molar-refractivity contribution in [3.8, 4) is 34.1 Å². The van der Waals surface area contributed by atoms with E-state index in [2.05, 4.69) is 21.2 Å². The summed E-state index contributed by atoms with van der Waals surface area (Å²) in [6, 6.07) is 13.6. The molecule has 182 valence electrons. The van der Waals surface area contributed by atoms with Gasteiger partial charge in [-0.3, -0.25) is 9.59 Å². The molecule has 0 unspecified atom stereocenters. The summed E-state index contributed by atoms with van der Waals surface area (Å²) in [4.78, 5) is 26.1. The van der Waals surface area contributed by atoms with Crippen LogP contribution >= 0.6 is 15.9 Å². The van der Waals surface area contributed by atoms with E-state index in [4.69, 9.17) is 18.9 Å². The molecule has 0 aromatic heterocycles. The highest BCUT2D eigenvalue weighted by molar-refractivity contribution is 9.10. The number of halogens is 1. The number of hydrogen-bond acceptors (Lipinski definition) is 6. The Bertz CT molecular complexity index is 1320. The lowest BCUT2D eigenvalue weighted by molar-refractivity contribution is 0.0935. The van der Waals surface area contributed by atoms with Crippen LogP contribution in [0, 0.1) is 0 Å². The molecule has 1 amide bonds. The molecule has 8 heteroatoms. The molecule has 0 radical (unpaired) electrons. The zero-order valence-electron chi connectivity index (χ0n) is 19.9. The Kier molecular flexibility index (Phi) is 7.31. The van der Waals surface area contributed by atoms with Crippen molar-refractivity contribution in [3.05, 3.63) is 79.9 Å². The van der Waals surface area contributed by atoms with Gasteiger partial charge in [-0.25, -0.2) is 0 Å². The Balaban J connectivity index is 1.93. The minimum atomic E-state index is -0.431. The van der Waals surface area contributed by atoms with Crippen molar-refractivity contribution in [3.63, 3.8) is 0 Å². The van der Waals surface area contributed by atoms with E-state index in [1.54, 1.807) is 39.5 Å². The van der Waals surface area contributed by atoms with Crippen molar-refractivity contribution in [2.24, 2.45) is 0 Å². The minimum Gasteiger partial charge on any atom is -0.493 e. The first kappa shape index (κ1) is 24.6. The SMILES string of the molecule is COc1cc2c(c(OC)c1OC)-c1ccc(OC)c(=O)cc1[C@@H](NC(=O)c1ccc(Br)cc1)CC2. The summed E-state index contributed by atoms with van der Waals surface area (Å²) in [6.45, 7) is 0. The zero-order valence-corrected chi connectivity index (χ0v) is 21.5. The molecule has 0 aliphatic heterocycles. The summed E-state index contributed by atoms with van der Waals surface area (Å²) in [5, 5.41) is 3.12. The Morgan fingerprint density at radius 2 is 1.57 bits per heavy atom. The second kappa shape index (κ2) is 10.4. The Morgan fingerprint density at radius 1 is 0.886 bits per heavy atom. The summed E-state index contributed by atoms with van der Waals surface area (Å²) in [6.07, 6.45) is 1.17. The highest BCUT2D eigenvalue weighted by atomic mass is 79.9. The number of benzene rings is 2. The summed E-state index contributed by atoms with van der Waals surface area (Å²) < 4.78 is 23.2. The number of amides is 1. The largest absolute Gasteiger partial charge is 0.493 e. The lowest BCUT2D eigenvalue weighted by Gasteiger charge is -2.20. The number of ether oxygens (including phenoxy) is 4. The summed E-state index contributed by atoms with van der Waals surface area (Å²) in [5.41, 5.74) is 3.42. The van der Waals surface area contributed by atoms with Crippen molar-refractivity contribution in [2.45, 2.75) is 18.9 Å². The van der Waals surface area contributed by atoms with Crippen molar-refractivity contribution in [2.75, 3.05) is 28.4 Å². The standard InChI is InChI=1S/C27H26BrNO6/c1-32-22-12-10-18-19(14-21(22)30)20(29-27(31)15-5-8-17(28)9-6-15)11-7-16-13-23(33-2)25(34-3)26(35-4)24(16)18/h5-6,8-10,12-14,20H,7,11H2,1-4H3,(H,29,31)/t20-/m0/s1. The van der Waals surface area contributed by atoms with Gasteiger partial charge < -0.3 is 24.3 Å². The van der Waals surface area contributed by atoms with Crippen molar-refractivity contribution in [1.29, 1.82) is 0 Å². The van der Waals surface area contributed by atoms with E-state index in [9.17, 15) is 9.59 Å². The van der Waals surface area contributed by atoms with E-state index < -0.39 is 6.04 Å². The van der Waals surface area contributed by atoms with Crippen LogP contribution in [0.3, 0.4) is 0 Å². The highest BCUT2D eigenvalue weighted by Crippen LogP contribution is 2.50. The van der Waals surface area contributed by atoms with Crippen LogP contribution in [0.25, 0.3) is 11.1 Å². The normalized spacial score (nSPS) is 14.1. The molecule has 1 aliphatic carbocycles. The van der Waals surface area contributed by atoms with Crippen molar-refractivity contribution in [1.82, 2.24) is 5.32 Å². The maximum atomic E-state index is 13.1. The monoisotopic (exact) mass is 539 g/mol. The van der Waals surface area contributed by atoms with Gasteiger partial charge in [-0.05, 0) is 72.0 Å². The van der Waals surface area contributed by atoms with E-state index in [0.29, 0.717) is 41.2 Å². The maximum absolute atomic E-state index is 13.1. The van der Waals surface area contributed by atoms with Gasteiger partial charge in [-0.15, -0.1) is 0 Å². The van der Waals surface area contributed by atoms with Gasteiger partial charge in [0.15, 0.2) is 17.2 Å². The van der Waals surface area contributed by atoms with Gasteiger partial charge in [0.2, 0.25) is 11.2 Å². The van der Waals surface area contributed by atoms with Gasteiger partial charge in [0.25, 0.3) is 5.91 Å². The summed E-state index contributed by atoms with van der Waals surface area (Å²) in [7, 11) is 6.15. The molecule has 0 fully saturated rings. The lowest BCUT2D eigenvalue weighted by Crippen LogP contribution is -2.29.